The molecule has 3 aromatic heterocycles. The van der Waals surface area contributed by atoms with Crippen LogP contribution in [0.25, 0.3) is 5.82 Å². The van der Waals surface area contributed by atoms with Gasteiger partial charge in [-0.15, -0.1) is 0 Å². The molecule has 0 aliphatic heterocycles. The van der Waals surface area contributed by atoms with Gasteiger partial charge in [-0.25, -0.2) is 4.98 Å². The van der Waals surface area contributed by atoms with E-state index in [-0.39, 0.29) is 5.91 Å². The van der Waals surface area contributed by atoms with Crippen LogP contribution < -0.4 is 5.32 Å². The van der Waals surface area contributed by atoms with Gasteiger partial charge in [-0.05, 0) is 30.7 Å². The Labute approximate surface area is 122 Å². The number of carbonyl (C=O) groups excluding carboxylic acids is 1. The minimum absolute atomic E-state index is 0.228. The zero-order valence-electron chi connectivity index (χ0n) is 11.8. The molecule has 3 rings (SSSR count). The minimum Gasteiger partial charge on any atom is -0.308 e. The Kier molecular flexibility index (Phi) is 3.27. The number of amides is 1. The first-order chi connectivity index (χ1) is 10.2. The lowest BCUT2D eigenvalue weighted by Gasteiger charge is -2.09. The van der Waals surface area contributed by atoms with E-state index in [9.17, 15) is 4.79 Å². The normalized spacial score (nSPS) is 10.6. The number of nitrogens with one attached hydrogen (secondary N) is 1. The summed E-state index contributed by atoms with van der Waals surface area (Å²) in [6, 6.07) is 7.54. The van der Waals surface area contributed by atoms with Crippen molar-refractivity contribution in [2.75, 3.05) is 5.32 Å². The molecule has 0 saturated carbocycles. The van der Waals surface area contributed by atoms with Gasteiger partial charge in [0.15, 0.2) is 0 Å². The molecule has 0 unspecified atom stereocenters. The van der Waals surface area contributed by atoms with Crippen molar-refractivity contribution in [3.05, 3.63) is 60.2 Å². The molecular weight excluding hydrogens is 266 g/mol. The molecule has 0 saturated heterocycles. The summed E-state index contributed by atoms with van der Waals surface area (Å²) in [6.07, 6.45) is 6.96. The van der Waals surface area contributed by atoms with Gasteiger partial charge in [0, 0.05) is 25.6 Å². The molecular formula is C15H15N5O. The van der Waals surface area contributed by atoms with Crippen molar-refractivity contribution in [3.8, 4) is 5.82 Å². The molecule has 21 heavy (non-hydrogen) atoms. The van der Waals surface area contributed by atoms with Gasteiger partial charge >= 0.3 is 0 Å². The van der Waals surface area contributed by atoms with Crippen molar-refractivity contribution in [1.29, 1.82) is 0 Å². The molecule has 0 spiro atoms. The van der Waals surface area contributed by atoms with E-state index in [1.54, 1.807) is 24.1 Å². The summed E-state index contributed by atoms with van der Waals surface area (Å²) < 4.78 is 3.52. The van der Waals surface area contributed by atoms with Gasteiger partial charge < -0.3 is 9.88 Å². The Morgan fingerprint density at radius 1 is 1.24 bits per heavy atom. The number of rotatable bonds is 3. The number of hydrogen-bond donors (Lipinski definition) is 1. The maximum atomic E-state index is 12.5. The molecule has 0 fully saturated rings. The second-order valence-electron chi connectivity index (χ2n) is 4.72. The SMILES string of the molecule is Cc1cccnc1NC(=O)c1cnn(C)c1-n1cccc1. The predicted molar refractivity (Wildman–Crippen MR) is 79.5 cm³/mol. The van der Waals surface area contributed by atoms with Crippen LogP contribution in [-0.2, 0) is 7.05 Å². The number of hydrogen-bond acceptors (Lipinski definition) is 3. The fourth-order valence-electron chi connectivity index (χ4n) is 2.16. The summed E-state index contributed by atoms with van der Waals surface area (Å²) in [5.74, 6) is 1.05. The zero-order chi connectivity index (χ0) is 14.8. The molecule has 6 nitrogen and oxygen atoms in total. The Hall–Kier alpha value is -2.89. The summed E-state index contributed by atoms with van der Waals surface area (Å²) >= 11 is 0. The van der Waals surface area contributed by atoms with Crippen LogP contribution in [0.2, 0.25) is 0 Å². The first-order valence-electron chi connectivity index (χ1n) is 6.55. The smallest absolute Gasteiger partial charge is 0.262 e. The van der Waals surface area contributed by atoms with Crippen molar-refractivity contribution < 1.29 is 4.79 Å². The van der Waals surface area contributed by atoms with Crippen LogP contribution >= 0.6 is 0 Å². The van der Waals surface area contributed by atoms with Gasteiger partial charge in [0.2, 0.25) is 0 Å². The Morgan fingerprint density at radius 3 is 2.71 bits per heavy atom. The molecule has 0 aliphatic carbocycles. The molecule has 0 aromatic carbocycles. The third kappa shape index (κ3) is 2.43. The van der Waals surface area contributed by atoms with Gasteiger partial charge in [-0.3, -0.25) is 9.48 Å². The van der Waals surface area contributed by atoms with E-state index in [1.165, 1.54) is 0 Å². The molecule has 0 aliphatic rings. The maximum absolute atomic E-state index is 12.5. The van der Waals surface area contributed by atoms with Gasteiger partial charge in [-0.2, -0.15) is 5.10 Å². The van der Waals surface area contributed by atoms with Crippen molar-refractivity contribution in [1.82, 2.24) is 19.3 Å². The number of aryl methyl sites for hydroxylation is 2. The van der Waals surface area contributed by atoms with Crippen LogP contribution in [0.5, 0.6) is 0 Å². The van der Waals surface area contributed by atoms with Crippen molar-refractivity contribution in [2.24, 2.45) is 7.05 Å². The lowest BCUT2D eigenvalue weighted by Crippen LogP contribution is -2.16. The average molecular weight is 281 g/mol. The summed E-state index contributed by atoms with van der Waals surface area (Å²) in [4.78, 5) is 16.7. The fraction of sp³-hybridized carbons (Fsp3) is 0.133. The summed E-state index contributed by atoms with van der Waals surface area (Å²) in [5.41, 5.74) is 1.41. The van der Waals surface area contributed by atoms with E-state index in [1.807, 2.05) is 48.1 Å². The molecule has 3 aromatic rings. The number of anilines is 1. The zero-order valence-corrected chi connectivity index (χ0v) is 11.8. The standard InChI is InChI=1S/C15H15N5O/c1-11-6-5-7-16-13(11)18-14(21)12-10-17-19(2)15(12)20-8-3-4-9-20/h3-10H,1-2H3,(H,16,18,21). The number of nitrogens with zero attached hydrogens (tertiary/aromatic N) is 4. The van der Waals surface area contributed by atoms with E-state index < -0.39 is 0 Å². The topological polar surface area (TPSA) is 64.7 Å². The Balaban J connectivity index is 1.95. The molecule has 0 radical (unpaired) electrons. The molecule has 6 heteroatoms. The van der Waals surface area contributed by atoms with E-state index in [2.05, 4.69) is 15.4 Å². The minimum atomic E-state index is -0.228. The average Bonchev–Trinajstić information content (AvgIpc) is 3.10. The second-order valence-corrected chi connectivity index (χ2v) is 4.72. The Bertz CT molecular complexity index is 773. The monoisotopic (exact) mass is 281 g/mol. The molecule has 1 amide bonds. The van der Waals surface area contributed by atoms with Crippen molar-refractivity contribution >= 4 is 11.7 Å². The third-order valence-electron chi connectivity index (χ3n) is 3.24. The van der Waals surface area contributed by atoms with E-state index in [0.29, 0.717) is 17.2 Å². The van der Waals surface area contributed by atoms with Crippen LogP contribution in [0.15, 0.2) is 49.1 Å². The molecule has 0 bridgehead atoms. The van der Waals surface area contributed by atoms with Crippen LogP contribution in [0, 0.1) is 6.92 Å². The molecule has 1 N–H and O–H groups in total. The van der Waals surface area contributed by atoms with Crippen LogP contribution in [0.3, 0.4) is 0 Å². The van der Waals surface area contributed by atoms with Crippen LogP contribution in [0.4, 0.5) is 5.82 Å². The molecule has 106 valence electrons. The second kappa shape index (κ2) is 5.24. The molecule has 0 atom stereocenters. The van der Waals surface area contributed by atoms with E-state index >= 15 is 0 Å². The lowest BCUT2D eigenvalue weighted by molar-refractivity contribution is 0.102. The molecule has 3 heterocycles. The first-order valence-corrected chi connectivity index (χ1v) is 6.55. The van der Waals surface area contributed by atoms with Gasteiger partial charge in [0.1, 0.15) is 17.2 Å². The van der Waals surface area contributed by atoms with Crippen molar-refractivity contribution in [3.63, 3.8) is 0 Å². The summed E-state index contributed by atoms with van der Waals surface area (Å²) in [6.45, 7) is 1.90. The number of pyridine rings is 1. The summed E-state index contributed by atoms with van der Waals surface area (Å²) in [7, 11) is 1.80. The first kappa shape index (κ1) is 13.1. The largest absolute Gasteiger partial charge is 0.308 e. The number of aromatic nitrogens is 4. The highest BCUT2D eigenvalue weighted by molar-refractivity contribution is 6.06. The lowest BCUT2D eigenvalue weighted by atomic mass is 10.2. The summed E-state index contributed by atoms with van der Waals surface area (Å²) in [5, 5.41) is 7.00. The Morgan fingerprint density at radius 2 is 2.00 bits per heavy atom. The third-order valence-corrected chi connectivity index (χ3v) is 3.24. The van der Waals surface area contributed by atoms with Crippen LogP contribution in [-0.4, -0.2) is 25.2 Å². The quantitative estimate of drug-likeness (QED) is 0.800. The highest BCUT2D eigenvalue weighted by atomic mass is 16.1. The van der Waals surface area contributed by atoms with Crippen molar-refractivity contribution in [2.45, 2.75) is 6.92 Å². The van der Waals surface area contributed by atoms with Gasteiger partial charge in [0.05, 0.1) is 6.20 Å². The highest BCUT2D eigenvalue weighted by Crippen LogP contribution is 2.17. The maximum Gasteiger partial charge on any atom is 0.262 e. The van der Waals surface area contributed by atoms with Gasteiger partial charge in [-0.1, -0.05) is 6.07 Å². The number of carbonyl (C=O) groups is 1. The van der Waals surface area contributed by atoms with E-state index in [4.69, 9.17) is 0 Å². The van der Waals surface area contributed by atoms with Crippen LogP contribution in [0.1, 0.15) is 15.9 Å². The highest BCUT2D eigenvalue weighted by Gasteiger charge is 2.18. The van der Waals surface area contributed by atoms with E-state index in [0.717, 1.165) is 5.56 Å². The predicted octanol–water partition coefficient (Wildman–Crippen LogP) is 2.17. The van der Waals surface area contributed by atoms with Gasteiger partial charge in [0.25, 0.3) is 5.91 Å². The fourth-order valence-corrected chi connectivity index (χ4v) is 2.16.